The molecule has 2 N–H and O–H groups in total. The Morgan fingerprint density at radius 1 is 1.22 bits per heavy atom. The largest absolute Gasteiger partial charge is 0.350 e. The fourth-order valence-corrected chi connectivity index (χ4v) is 2.10. The lowest BCUT2D eigenvalue weighted by Gasteiger charge is -2.10. The minimum absolute atomic E-state index is 0.273. The standard InChI is InChI=1S/C16H19ClN4O2/c1-10(2)8-18-16(23)14-13(9-19-21(14)3)20-15(22)11-4-6-12(17)7-5-11/h4-7,9-10H,8H2,1-3H3,(H,18,23)(H,20,22). The van der Waals surface area contributed by atoms with Gasteiger partial charge in [0.05, 0.1) is 11.9 Å². The molecule has 2 rings (SSSR count). The van der Waals surface area contributed by atoms with E-state index < -0.39 is 0 Å². The molecule has 0 radical (unpaired) electrons. The number of aromatic nitrogens is 2. The molecule has 0 atom stereocenters. The van der Waals surface area contributed by atoms with E-state index in [9.17, 15) is 9.59 Å². The molecule has 1 heterocycles. The first-order valence-electron chi connectivity index (χ1n) is 7.25. The highest BCUT2D eigenvalue weighted by Crippen LogP contribution is 2.16. The van der Waals surface area contributed by atoms with Crippen molar-refractivity contribution >= 4 is 29.1 Å². The van der Waals surface area contributed by atoms with Gasteiger partial charge in [0.2, 0.25) is 0 Å². The zero-order chi connectivity index (χ0) is 17.0. The van der Waals surface area contributed by atoms with Crippen molar-refractivity contribution in [3.63, 3.8) is 0 Å². The smallest absolute Gasteiger partial charge is 0.271 e. The van der Waals surface area contributed by atoms with E-state index in [4.69, 9.17) is 11.6 Å². The molecule has 0 saturated heterocycles. The highest BCUT2D eigenvalue weighted by molar-refractivity contribution is 6.30. The number of nitrogens with zero attached hydrogens (tertiary/aromatic N) is 2. The van der Waals surface area contributed by atoms with Crippen molar-refractivity contribution in [3.05, 3.63) is 46.7 Å². The first kappa shape index (κ1) is 17.0. The van der Waals surface area contributed by atoms with E-state index >= 15 is 0 Å². The summed E-state index contributed by atoms with van der Waals surface area (Å²) in [5.74, 6) is -0.267. The van der Waals surface area contributed by atoms with Crippen molar-refractivity contribution in [2.45, 2.75) is 13.8 Å². The predicted molar refractivity (Wildman–Crippen MR) is 89.8 cm³/mol. The Morgan fingerprint density at radius 3 is 2.48 bits per heavy atom. The molecule has 122 valence electrons. The van der Waals surface area contributed by atoms with E-state index in [1.807, 2.05) is 13.8 Å². The van der Waals surface area contributed by atoms with Gasteiger partial charge in [-0.3, -0.25) is 14.3 Å². The second-order valence-electron chi connectivity index (χ2n) is 5.60. The molecule has 7 heteroatoms. The lowest BCUT2D eigenvalue weighted by molar-refractivity contribution is 0.0940. The third-order valence-electron chi connectivity index (χ3n) is 3.18. The summed E-state index contributed by atoms with van der Waals surface area (Å²) in [5, 5.41) is 10.1. The van der Waals surface area contributed by atoms with Crippen molar-refractivity contribution in [3.8, 4) is 0 Å². The third kappa shape index (κ3) is 4.32. The Labute approximate surface area is 139 Å². The van der Waals surface area contributed by atoms with Crippen molar-refractivity contribution in [2.75, 3.05) is 11.9 Å². The van der Waals surface area contributed by atoms with Gasteiger partial charge in [0.15, 0.2) is 0 Å². The van der Waals surface area contributed by atoms with E-state index in [0.29, 0.717) is 34.4 Å². The maximum atomic E-state index is 12.3. The number of halogens is 1. The van der Waals surface area contributed by atoms with Crippen LogP contribution in [0.3, 0.4) is 0 Å². The number of hydrogen-bond donors (Lipinski definition) is 2. The van der Waals surface area contributed by atoms with E-state index in [1.54, 1.807) is 31.3 Å². The molecule has 0 aliphatic heterocycles. The molecule has 0 unspecified atom stereocenters. The number of aryl methyl sites for hydroxylation is 1. The molecule has 1 aromatic heterocycles. The zero-order valence-corrected chi connectivity index (χ0v) is 14.0. The van der Waals surface area contributed by atoms with E-state index in [0.717, 1.165) is 0 Å². The Hall–Kier alpha value is -2.34. The molecule has 2 amide bonds. The van der Waals surface area contributed by atoms with Crippen LogP contribution in [0.1, 0.15) is 34.7 Å². The van der Waals surface area contributed by atoms with Gasteiger partial charge >= 0.3 is 0 Å². The summed E-state index contributed by atoms with van der Waals surface area (Å²) >= 11 is 5.81. The Bertz CT molecular complexity index is 707. The minimum Gasteiger partial charge on any atom is -0.350 e. The van der Waals surface area contributed by atoms with Gasteiger partial charge in [-0.25, -0.2) is 0 Å². The monoisotopic (exact) mass is 334 g/mol. The van der Waals surface area contributed by atoms with E-state index in [-0.39, 0.29) is 11.8 Å². The molecular weight excluding hydrogens is 316 g/mol. The number of hydrogen-bond acceptors (Lipinski definition) is 3. The first-order valence-corrected chi connectivity index (χ1v) is 7.63. The SMILES string of the molecule is CC(C)CNC(=O)c1c(NC(=O)c2ccc(Cl)cc2)cnn1C. The molecule has 0 fully saturated rings. The number of rotatable bonds is 5. The predicted octanol–water partition coefficient (Wildman–Crippen LogP) is 2.71. The lowest BCUT2D eigenvalue weighted by Crippen LogP contribution is -2.30. The van der Waals surface area contributed by atoms with Crippen LogP contribution in [0.15, 0.2) is 30.5 Å². The normalized spacial score (nSPS) is 10.7. The van der Waals surface area contributed by atoms with Crippen LogP contribution in [0, 0.1) is 5.92 Å². The molecule has 23 heavy (non-hydrogen) atoms. The van der Waals surface area contributed by atoms with Crippen LogP contribution in [-0.2, 0) is 7.05 Å². The fraction of sp³-hybridized carbons (Fsp3) is 0.312. The summed E-state index contributed by atoms with van der Waals surface area (Å²) in [5.41, 5.74) is 1.13. The average molecular weight is 335 g/mol. The van der Waals surface area contributed by atoms with Gasteiger partial charge in [-0.05, 0) is 30.2 Å². The Kier molecular flexibility index (Phi) is 5.39. The summed E-state index contributed by atoms with van der Waals surface area (Å²) in [7, 11) is 1.65. The van der Waals surface area contributed by atoms with Gasteiger partial charge in [0.1, 0.15) is 5.69 Å². The van der Waals surface area contributed by atoms with Crippen molar-refractivity contribution in [2.24, 2.45) is 13.0 Å². The van der Waals surface area contributed by atoms with Crippen LogP contribution in [0.5, 0.6) is 0 Å². The Balaban J connectivity index is 2.16. The van der Waals surface area contributed by atoms with Crippen molar-refractivity contribution < 1.29 is 9.59 Å². The number of carbonyl (C=O) groups excluding carboxylic acids is 2. The van der Waals surface area contributed by atoms with Crippen LogP contribution < -0.4 is 10.6 Å². The topological polar surface area (TPSA) is 76.0 Å². The van der Waals surface area contributed by atoms with Gasteiger partial charge in [0.25, 0.3) is 11.8 Å². The highest BCUT2D eigenvalue weighted by atomic mass is 35.5. The highest BCUT2D eigenvalue weighted by Gasteiger charge is 2.19. The molecule has 0 aliphatic carbocycles. The van der Waals surface area contributed by atoms with Gasteiger partial charge in [0, 0.05) is 24.2 Å². The Morgan fingerprint density at radius 2 is 1.87 bits per heavy atom. The number of benzene rings is 1. The lowest BCUT2D eigenvalue weighted by atomic mass is 10.2. The van der Waals surface area contributed by atoms with Gasteiger partial charge in [-0.2, -0.15) is 5.10 Å². The number of carbonyl (C=O) groups is 2. The molecule has 0 spiro atoms. The zero-order valence-electron chi connectivity index (χ0n) is 13.3. The van der Waals surface area contributed by atoms with E-state index in [1.165, 1.54) is 10.9 Å². The van der Waals surface area contributed by atoms with E-state index in [2.05, 4.69) is 15.7 Å². The quantitative estimate of drug-likeness (QED) is 0.882. The van der Waals surface area contributed by atoms with Gasteiger partial charge < -0.3 is 10.6 Å². The van der Waals surface area contributed by atoms with Crippen LogP contribution in [0.4, 0.5) is 5.69 Å². The number of anilines is 1. The van der Waals surface area contributed by atoms with Crippen LogP contribution >= 0.6 is 11.6 Å². The summed E-state index contributed by atoms with van der Waals surface area (Å²) in [4.78, 5) is 24.5. The molecule has 6 nitrogen and oxygen atoms in total. The maximum absolute atomic E-state index is 12.3. The van der Waals surface area contributed by atoms with Gasteiger partial charge in [-0.15, -0.1) is 0 Å². The maximum Gasteiger partial charge on any atom is 0.271 e. The first-order chi connectivity index (χ1) is 10.9. The van der Waals surface area contributed by atoms with Crippen LogP contribution in [0.2, 0.25) is 5.02 Å². The third-order valence-corrected chi connectivity index (χ3v) is 3.43. The summed E-state index contributed by atoms with van der Waals surface area (Å²) in [6, 6.07) is 6.50. The van der Waals surface area contributed by atoms with Crippen LogP contribution in [-0.4, -0.2) is 28.1 Å². The summed E-state index contributed by atoms with van der Waals surface area (Å²) in [6.45, 7) is 4.56. The number of amides is 2. The van der Waals surface area contributed by atoms with Crippen LogP contribution in [0.25, 0.3) is 0 Å². The summed E-state index contributed by atoms with van der Waals surface area (Å²) in [6.07, 6.45) is 1.46. The average Bonchev–Trinajstić information content (AvgIpc) is 2.86. The molecule has 2 aromatic rings. The van der Waals surface area contributed by atoms with Gasteiger partial charge in [-0.1, -0.05) is 25.4 Å². The molecule has 1 aromatic carbocycles. The summed E-state index contributed by atoms with van der Waals surface area (Å²) < 4.78 is 1.44. The molecular formula is C16H19ClN4O2. The second-order valence-corrected chi connectivity index (χ2v) is 6.03. The van der Waals surface area contributed by atoms with Crippen molar-refractivity contribution in [1.82, 2.24) is 15.1 Å². The molecule has 0 bridgehead atoms. The minimum atomic E-state index is -0.326. The molecule has 0 aliphatic rings. The molecule has 0 saturated carbocycles. The second kappa shape index (κ2) is 7.28. The fourth-order valence-electron chi connectivity index (χ4n) is 1.97. The van der Waals surface area contributed by atoms with Crippen molar-refractivity contribution in [1.29, 1.82) is 0 Å². The number of nitrogens with one attached hydrogen (secondary N) is 2.